The molecule has 5 nitrogen and oxygen atoms in total. The Labute approximate surface area is 101 Å². The van der Waals surface area contributed by atoms with Crippen LogP contribution in [0.5, 0.6) is 0 Å². The Balaban J connectivity index is 2.48. The monoisotopic (exact) mass is 231 g/mol. The normalized spacial score (nSPS) is 10.6. The molecule has 90 valence electrons. The number of nitrogens with one attached hydrogen (secondary N) is 1. The van der Waals surface area contributed by atoms with Gasteiger partial charge in [0.05, 0.1) is 11.8 Å². The highest BCUT2D eigenvalue weighted by atomic mass is 15.3. The van der Waals surface area contributed by atoms with E-state index >= 15 is 0 Å². The lowest BCUT2D eigenvalue weighted by Crippen LogP contribution is -2.03. The molecular weight excluding hydrogens is 214 g/mol. The van der Waals surface area contributed by atoms with Crippen LogP contribution in [0.25, 0.3) is 11.4 Å². The van der Waals surface area contributed by atoms with Crippen LogP contribution in [-0.2, 0) is 7.05 Å². The first kappa shape index (κ1) is 11.6. The van der Waals surface area contributed by atoms with Gasteiger partial charge in [-0.2, -0.15) is 5.10 Å². The van der Waals surface area contributed by atoms with Gasteiger partial charge in [0.2, 0.25) is 0 Å². The van der Waals surface area contributed by atoms with Gasteiger partial charge in [0, 0.05) is 31.0 Å². The van der Waals surface area contributed by atoms with Crippen molar-refractivity contribution in [1.29, 1.82) is 0 Å². The molecular formula is C12H17N5. The third-order valence-electron chi connectivity index (χ3n) is 2.69. The van der Waals surface area contributed by atoms with E-state index in [9.17, 15) is 0 Å². The van der Waals surface area contributed by atoms with Gasteiger partial charge in [-0.15, -0.1) is 0 Å². The Morgan fingerprint density at radius 2 is 2.06 bits per heavy atom. The summed E-state index contributed by atoms with van der Waals surface area (Å²) < 4.78 is 1.83. The second-order valence-electron chi connectivity index (χ2n) is 4.02. The molecule has 0 saturated carbocycles. The van der Waals surface area contributed by atoms with Gasteiger partial charge in [-0.1, -0.05) is 0 Å². The highest BCUT2D eigenvalue weighted by molar-refractivity contribution is 5.59. The molecule has 1 N–H and O–H groups in total. The van der Waals surface area contributed by atoms with E-state index in [2.05, 4.69) is 20.4 Å². The average Bonchev–Trinajstić information content (AvgIpc) is 2.59. The number of hydrogen-bond donors (Lipinski definition) is 1. The van der Waals surface area contributed by atoms with Crippen LogP contribution in [0.15, 0.2) is 12.3 Å². The lowest BCUT2D eigenvalue weighted by molar-refractivity contribution is 0.740. The molecule has 2 aromatic heterocycles. The van der Waals surface area contributed by atoms with E-state index in [4.69, 9.17) is 0 Å². The van der Waals surface area contributed by atoms with E-state index in [1.165, 1.54) is 0 Å². The largest absolute Gasteiger partial charge is 0.370 e. The van der Waals surface area contributed by atoms with Crippen LogP contribution < -0.4 is 5.32 Å². The molecule has 0 atom stereocenters. The highest BCUT2D eigenvalue weighted by Gasteiger charge is 2.10. The van der Waals surface area contributed by atoms with Crippen LogP contribution in [0.3, 0.4) is 0 Å². The smallest absolute Gasteiger partial charge is 0.165 e. The predicted molar refractivity (Wildman–Crippen MR) is 67.9 cm³/mol. The molecule has 0 bridgehead atoms. The van der Waals surface area contributed by atoms with E-state index in [0.29, 0.717) is 0 Å². The maximum Gasteiger partial charge on any atom is 0.165 e. The summed E-state index contributed by atoms with van der Waals surface area (Å²) in [6.07, 6.45) is 1.81. The lowest BCUT2D eigenvalue weighted by atomic mass is 10.2. The summed E-state index contributed by atoms with van der Waals surface area (Å²) in [5, 5.41) is 7.42. The van der Waals surface area contributed by atoms with Crippen molar-refractivity contribution in [1.82, 2.24) is 19.7 Å². The van der Waals surface area contributed by atoms with E-state index < -0.39 is 0 Å². The predicted octanol–water partition coefficient (Wildman–Crippen LogP) is 1.93. The topological polar surface area (TPSA) is 55.6 Å². The van der Waals surface area contributed by atoms with Gasteiger partial charge in [-0.25, -0.2) is 9.97 Å². The minimum absolute atomic E-state index is 0.728. The molecule has 2 heterocycles. The zero-order valence-electron chi connectivity index (χ0n) is 10.7. The lowest BCUT2D eigenvalue weighted by Gasteiger charge is -2.06. The molecule has 17 heavy (non-hydrogen) atoms. The van der Waals surface area contributed by atoms with E-state index in [0.717, 1.165) is 35.1 Å². The molecule has 0 spiro atoms. The van der Waals surface area contributed by atoms with E-state index in [-0.39, 0.29) is 0 Å². The van der Waals surface area contributed by atoms with Crippen molar-refractivity contribution in [3.8, 4) is 11.4 Å². The minimum Gasteiger partial charge on any atom is -0.370 e. The molecule has 2 aromatic rings. The second-order valence-corrected chi connectivity index (χ2v) is 4.02. The fourth-order valence-corrected chi connectivity index (χ4v) is 1.68. The van der Waals surface area contributed by atoms with Gasteiger partial charge in [0.25, 0.3) is 0 Å². The average molecular weight is 231 g/mol. The van der Waals surface area contributed by atoms with Gasteiger partial charge in [0.1, 0.15) is 5.82 Å². The van der Waals surface area contributed by atoms with Crippen LogP contribution in [-0.4, -0.2) is 26.3 Å². The summed E-state index contributed by atoms with van der Waals surface area (Å²) in [7, 11) is 1.92. The summed E-state index contributed by atoms with van der Waals surface area (Å²) in [6, 6.07) is 1.94. The number of aromatic nitrogens is 4. The van der Waals surface area contributed by atoms with Crippen molar-refractivity contribution in [3.63, 3.8) is 0 Å². The quantitative estimate of drug-likeness (QED) is 0.877. The van der Waals surface area contributed by atoms with Gasteiger partial charge < -0.3 is 5.32 Å². The zero-order chi connectivity index (χ0) is 12.4. The first-order valence-electron chi connectivity index (χ1n) is 5.70. The maximum absolute atomic E-state index is 4.49. The van der Waals surface area contributed by atoms with Crippen molar-refractivity contribution in [2.45, 2.75) is 20.8 Å². The standard InChI is InChI=1S/C12H17N5/c1-5-13-11-6-8(2)15-12(16-11)10-7-14-17(4)9(10)3/h6-7H,5H2,1-4H3,(H,13,15,16). The number of hydrogen-bond acceptors (Lipinski definition) is 4. The van der Waals surface area contributed by atoms with Gasteiger partial charge >= 0.3 is 0 Å². The Kier molecular flexibility index (Phi) is 3.08. The van der Waals surface area contributed by atoms with Crippen molar-refractivity contribution >= 4 is 5.82 Å². The molecule has 0 aliphatic rings. The van der Waals surface area contributed by atoms with Gasteiger partial charge in [0.15, 0.2) is 5.82 Å². The molecule has 0 aliphatic carbocycles. The fourth-order valence-electron chi connectivity index (χ4n) is 1.68. The number of anilines is 1. The van der Waals surface area contributed by atoms with Crippen LogP contribution in [0.2, 0.25) is 0 Å². The molecule has 5 heteroatoms. The molecule has 0 aromatic carbocycles. The SMILES string of the molecule is CCNc1cc(C)nc(-c2cnn(C)c2C)n1. The molecule has 0 unspecified atom stereocenters. The van der Waals surface area contributed by atoms with Crippen molar-refractivity contribution < 1.29 is 0 Å². The number of aryl methyl sites for hydroxylation is 2. The summed E-state index contributed by atoms with van der Waals surface area (Å²) in [5.41, 5.74) is 3.00. The summed E-state index contributed by atoms with van der Waals surface area (Å²) in [6.45, 7) is 6.88. The molecule has 0 radical (unpaired) electrons. The molecule has 2 rings (SSSR count). The first-order valence-corrected chi connectivity index (χ1v) is 5.70. The van der Waals surface area contributed by atoms with Crippen molar-refractivity contribution in [2.75, 3.05) is 11.9 Å². The molecule has 0 amide bonds. The Hall–Kier alpha value is -1.91. The third kappa shape index (κ3) is 2.27. The number of rotatable bonds is 3. The first-order chi connectivity index (χ1) is 8.11. The maximum atomic E-state index is 4.49. The van der Waals surface area contributed by atoms with E-state index in [1.807, 2.05) is 38.6 Å². The molecule has 0 fully saturated rings. The summed E-state index contributed by atoms with van der Waals surface area (Å²) in [4.78, 5) is 8.95. The zero-order valence-corrected chi connectivity index (χ0v) is 10.7. The van der Waals surface area contributed by atoms with Crippen LogP contribution in [0, 0.1) is 13.8 Å². The third-order valence-corrected chi connectivity index (χ3v) is 2.69. The Bertz CT molecular complexity index is 530. The van der Waals surface area contributed by atoms with E-state index in [1.54, 1.807) is 6.20 Å². The Morgan fingerprint density at radius 1 is 1.29 bits per heavy atom. The number of nitrogens with zero attached hydrogens (tertiary/aromatic N) is 4. The van der Waals surface area contributed by atoms with Crippen LogP contribution >= 0.6 is 0 Å². The van der Waals surface area contributed by atoms with Crippen molar-refractivity contribution in [2.24, 2.45) is 7.05 Å². The Morgan fingerprint density at radius 3 is 2.65 bits per heavy atom. The second kappa shape index (κ2) is 4.53. The highest BCUT2D eigenvalue weighted by Crippen LogP contribution is 2.20. The minimum atomic E-state index is 0.728. The van der Waals surface area contributed by atoms with Crippen LogP contribution in [0.4, 0.5) is 5.82 Å². The van der Waals surface area contributed by atoms with Gasteiger partial charge in [-0.3, -0.25) is 4.68 Å². The summed E-state index contributed by atoms with van der Waals surface area (Å²) in [5.74, 6) is 1.59. The van der Waals surface area contributed by atoms with Gasteiger partial charge in [-0.05, 0) is 20.8 Å². The molecule has 0 aliphatic heterocycles. The summed E-state index contributed by atoms with van der Waals surface area (Å²) >= 11 is 0. The molecule has 0 saturated heterocycles. The van der Waals surface area contributed by atoms with Crippen LogP contribution in [0.1, 0.15) is 18.3 Å². The fraction of sp³-hybridized carbons (Fsp3) is 0.417. The van der Waals surface area contributed by atoms with Crippen molar-refractivity contribution in [3.05, 3.63) is 23.7 Å².